The first-order valence-electron chi connectivity index (χ1n) is 7.44. The summed E-state index contributed by atoms with van der Waals surface area (Å²) < 4.78 is 30.6. The molecule has 120 valence electrons. The van der Waals surface area contributed by atoms with E-state index in [1.54, 1.807) is 15.2 Å². The highest BCUT2D eigenvalue weighted by molar-refractivity contribution is 7.87. The standard InChI is InChI=1S/C13H25N5O2S/c1-3-14-7-12-5-4-6-18(11-12)21(19,20)16-9-13-8-15-17(2)10-13/h8,10,12,14,16H,3-7,9,11H2,1-2H3. The van der Waals surface area contributed by atoms with Gasteiger partial charge in [-0.3, -0.25) is 4.68 Å². The number of piperidine rings is 1. The highest BCUT2D eigenvalue weighted by Crippen LogP contribution is 2.18. The fourth-order valence-corrected chi connectivity index (χ4v) is 3.90. The summed E-state index contributed by atoms with van der Waals surface area (Å²) in [6.07, 6.45) is 5.49. The lowest BCUT2D eigenvalue weighted by Crippen LogP contribution is -2.47. The fourth-order valence-electron chi connectivity index (χ4n) is 2.59. The molecule has 0 aromatic carbocycles. The molecule has 0 bridgehead atoms. The van der Waals surface area contributed by atoms with Crippen molar-refractivity contribution in [3.8, 4) is 0 Å². The molecule has 2 rings (SSSR count). The van der Waals surface area contributed by atoms with Gasteiger partial charge in [-0.05, 0) is 31.8 Å². The van der Waals surface area contributed by atoms with Crippen molar-refractivity contribution in [1.82, 2.24) is 24.1 Å². The maximum absolute atomic E-state index is 12.4. The summed E-state index contributed by atoms with van der Waals surface area (Å²) in [5, 5.41) is 7.33. The molecule has 0 amide bonds. The molecule has 1 aliphatic rings. The van der Waals surface area contributed by atoms with Gasteiger partial charge in [-0.1, -0.05) is 6.92 Å². The van der Waals surface area contributed by atoms with Gasteiger partial charge in [0.15, 0.2) is 0 Å². The van der Waals surface area contributed by atoms with Crippen molar-refractivity contribution in [1.29, 1.82) is 0 Å². The lowest BCUT2D eigenvalue weighted by Gasteiger charge is -2.32. The van der Waals surface area contributed by atoms with Crippen LogP contribution in [0.3, 0.4) is 0 Å². The van der Waals surface area contributed by atoms with Crippen LogP contribution in [0.4, 0.5) is 0 Å². The van der Waals surface area contributed by atoms with Crippen molar-refractivity contribution in [3.63, 3.8) is 0 Å². The van der Waals surface area contributed by atoms with Gasteiger partial charge in [-0.25, -0.2) is 0 Å². The summed E-state index contributed by atoms with van der Waals surface area (Å²) in [6.45, 7) is 5.34. The number of nitrogens with zero attached hydrogens (tertiary/aromatic N) is 3. The highest BCUT2D eigenvalue weighted by atomic mass is 32.2. The third kappa shape index (κ3) is 4.77. The minimum atomic E-state index is -3.41. The van der Waals surface area contributed by atoms with Crippen molar-refractivity contribution in [3.05, 3.63) is 18.0 Å². The summed E-state index contributed by atoms with van der Waals surface area (Å²) in [5.74, 6) is 0.397. The van der Waals surface area contributed by atoms with E-state index in [9.17, 15) is 8.42 Å². The summed E-state index contributed by atoms with van der Waals surface area (Å²) >= 11 is 0. The number of aryl methyl sites for hydroxylation is 1. The molecule has 1 fully saturated rings. The summed E-state index contributed by atoms with van der Waals surface area (Å²) in [6, 6.07) is 0. The third-order valence-corrected chi connectivity index (χ3v) is 5.24. The second-order valence-electron chi connectivity index (χ2n) is 5.52. The van der Waals surface area contributed by atoms with E-state index in [1.807, 2.05) is 13.2 Å². The summed E-state index contributed by atoms with van der Waals surface area (Å²) in [5.41, 5.74) is 0.863. The molecule has 0 saturated carbocycles. The molecule has 2 heterocycles. The Kier molecular flexibility index (Phi) is 5.74. The quantitative estimate of drug-likeness (QED) is 0.747. The molecule has 8 heteroatoms. The van der Waals surface area contributed by atoms with Crippen LogP contribution in [0.15, 0.2) is 12.4 Å². The Morgan fingerprint density at radius 1 is 1.48 bits per heavy atom. The third-order valence-electron chi connectivity index (χ3n) is 3.72. The van der Waals surface area contributed by atoms with Crippen molar-refractivity contribution in [2.45, 2.75) is 26.3 Å². The van der Waals surface area contributed by atoms with Gasteiger partial charge in [-0.2, -0.15) is 22.5 Å². The van der Waals surface area contributed by atoms with Gasteiger partial charge in [0.25, 0.3) is 10.2 Å². The maximum Gasteiger partial charge on any atom is 0.279 e. The van der Waals surface area contributed by atoms with Gasteiger partial charge in [0.2, 0.25) is 0 Å². The predicted octanol–water partition coefficient (Wildman–Crippen LogP) is 0.0760. The van der Waals surface area contributed by atoms with E-state index in [0.29, 0.717) is 19.0 Å². The van der Waals surface area contributed by atoms with Gasteiger partial charge in [-0.15, -0.1) is 0 Å². The lowest BCUT2D eigenvalue weighted by atomic mass is 10.00. The zero-order valence-corrected chi connectivity index (χ0v) is 13.6. The van der Waals surface area contributed by atoms with Gasteiger partial charge >= 0.3 is 0 Å². The lowest BCUT2D eigenvalue weighted by molar-refractivity contribution is 0.258. The van der Waals surface area contributed by atoms with E-state index in [1.165, 1.54) is 0 Å². The van der Waals surface area contributed by atoms with Gasteiger partial charge in [0, 0.05) is 38.4 Å². The Bertz CT molecular complexity index is 543. The zero-order chi connectivity index (χ0) is 15.3. The normalized spacial score (nSPS) is 20.8. The largest absolute Gasteiger partial charge is 0.317 e. The molecule has 0 radical (unpaired) electrons. The van der Waals surface area contributed by atoms with Crippen molar-refractivity contribution < 1.29 is 8.42 Å². The van der Waals surface area contributed by atoms with Crippen LogP contribution in [0.25, 0.3) is 0 Å². The van der Waals surface area contributed by atoms with E-state index >= 15 is 0 Å². The first-order valence-corrected chi connectivity index (χ1v) is 8.88. The average Bonchev–Trinajstić information content (AvgIpc) is 2.89. The van der Waals surface area contributed by atoms with E-state index in [-0.39, 0.29) is 6.54 Å². The zero-order valence-electron chi connectivity index (χ0n) is 12.7. The smallest absolute Gasteiger partial charge is 0.279 e. The molecule has 1 atom stereocenters. The van der Waals surface area contributed by atoms with Crippen LogP contribution >= 0.6 is 0 Å². The summed E-state index contributed by atoms with van der Waals surface area (Å²) in [4.78, 5) is 0. The van der Waals surface area contributed by atoms with Crippen LogP contribution in [0.2, 0.25) is 0 Å². The Labute approximate surface area is 126 Å². The molecule has 0 spiro atoms. The van der Waals surface area contributed by atoms with Gasteiger partial charge in [0.05, 0.1) is 6.20 Å². The molecular formula is C13H25N5O2S. The van der Waals surface area contributed by atoms with E-state index in [4.69, 9.17) is 0 Å². The first-order chi connectivity index (χ1) is 10.0. The molecule has 21 heavy (non-hydrogen) atoms. The molecule has 1 saturated heterocycles. The van der Waals surface area contributed by atoms with Crippen LogP contribution in [-0.2, 0) is 23.8 Å². The fraction of sp³-hybridized carbons (Fsp3) is 0.769. The number of hydrogen-bond acceptors (Lipinski definition) is 4. The summed E-state index contributed by atoms with van der Waals surface area (Å²) in [7, 11) is -1.60. The Morgan fingerprint density at radius 3 is 2.95 bits per heavy atom. The van der Waals surface area contributed by atoms with E-state index in [0.717, 1.165) is 31.5 Å². The van der Waals surface area contributed by atoms with Crippen LogP contribution < -0.4 is 10.0 Å². The highest BCUT2D eigenvalue weighted by Gasteiger charge is 2.28. The van der Waals surface area contributed by atoms with Crippen LogP contribution in [-0.4, -0.2) is 48.7 Å². The van der Waals surface area contributed by atoms with Crippen LogP contribution in [0.5, 0.6) is 0 Å². The Balaban J connectivity index is 1.89. The predicted molar refractivity (Wildman–Crippen MR) is 81.8 cm³/mol. The molecule has 1 aliphatic heterocycles. The molecule has 2 N–H and O–H groups in total. The molecule has 1 aromatic heterocycles. The SMILES string of the molecule is CCNCC1CCCN(S(=O)(=O)NCc2cnn(C)c2)C1. The molecule has 1 aromatic rings. The van der Waals surface area contributed by atoms with Crippen molar-refractivity contribution in [2.24, 2.45) is 13.0 Å². The minimum absolute atomic E-state index is 0.282. The number of nitrogens with one attached hydrogen (secondary N) is 2. The Morgan fingerprint density at radius 2 is 2.29 bits per heavy atom. The van der Waals surface area contributed by atoms with E-state index < -0.39 is 10.2 Å². The second-order valence-corrected chi connectivity index (χ2v) is 7.28. The van der Waals surface area contributed by atoms with Crippen LogP contribution in [0, 0.1) is 5.92 Å². The van der Waals surface area contributed by atoms with Crippen molar-refractivity contribution in [2.75, 3.05) is 26.2 Å². The number of rotatable bonds is 7. The molecule has 7 nitrogen and oxygen atoms in total. The first kappa shape index (κ1) is 16.4. The average molecular weight is 315 g/mol. The Hall–Kier alpha value is -0.960. The van der Waals surface area contributed by atoms with Crippen LogP contribution in [0.1, 0.15) is 25.3 Å². The number of hydrogen-bond donors (Lipinski definition) is 2. The number of aromatic nitrogens is 2. The monoisotopic (exact) mass is 315 g/mol. The molecule has 1 unspecified atom stereocenters. The second kappa shape index (κ2) is 7.35. The van der Waals surface area contributed by atoms with Crippen molar-refractivity contribution >= 4 is 10.2 Å². The molecular weight excluding hydrogens is 290 g/mol. The minimum Gasteiger partial charge on any atom is -0.317 e. The topological polar surface area (TPSA) is 79.3 Å². The van der Waals surface area contributed by atoms with Gasteiger partial charge < -0.3 is 5.32 Å². The maximum atomic E-state index is 12.4. The van der Waals surface area contributed by atoms with E-state index in [2.05, 4.69) is 22.1 Å². The van der Waals surface area contributed by atoms with Gasteiger partial charge in [0.1, 0.15) is 0 Å². The molecule has 0 aliphatic carbocycles.